The summed E-state index contributed by atoms with van der Waals surface area (Å²) >= 11 is 4.96. The van der Waals surface area contributed by atoms with Gasteiger partial charge in [-0.25, -0.2) is 4.79 Å². The topological polar surface area (TPSA) is 55.1 Å². The Morgan fingerprint density at radius 3 is 2.67 bits per heavy atom. The van der Waals surface area contributed by atoms with Gasteiger partial charge in [-0.3, -0.25) is 4.68 Å². The number of rotatable bonds is 3. The first kappa shape index (κ1) is 13.3. The van der Waals surface area contributed by atoms with E-state index in [4.69, 9.17) is 5.11 Å². The minimum Gasteiger partial charge on any atom is -0.476 e. The van der Waals surface area contributed by atoms with Crippen LogP contribution in [-0.4, -0.2) is 20.9 Å². The SMILES string of the molecule is Cc1ccsc1-c1c(Br)c(C(=O)O)nn1C(C)C. The van der Waals surface area contributed by atoms with Crippen molar-refractivity contribution in [1.29, 1.82) is 0 Å². The summed E-state index contributed by atoms with van der Waals surface area (Å²) in [5, 5.41) is 15.3. The van der Waals surface area contributed by atoms with Crippen LogP contribution in [0.4, 0.5) is 0 Å². The lowest BCUT2D eigenvalue weighted by Gasteiger charge is -2.10. The second-order valence-electron chi connectivity index (χ2n) is 4.29. The molecule has 2 rings (SSSR count). The second kappa shape index (κ2) is 4.85. The molecule has 0 radical (unpaired) electrons. The van der Waals surface area contributed by atoms with Crippen LogP contribution < -0.4 is 0 Å². The van der Waals surface area contributed by atoms with E-state index in [1.54, 1.807) is 16.0 Å². The number of thiophene rings is 1. The molecule has 0 fully saturated rings. The molecule has 2 heterocycles. The van der Waals surface area contributed by atoms with Gasteiger partial charge in [-0.15, -0.1) is 11.3 Å². The van der Waals surface area contributed by atoms with Crippen LogP contribution in [0.15, 0.2) is 15.9 Å². The molecule has 2 aromatic rings. The van der Waals surface area contributed by atoms with Crippen LogP contribution in [0, 0.1) is 6.92 Å². The van der Waals surface area contributed by atoms with Gasteiger partial charge in [0.05, 0.1) is 15.0 Å². The summed E-state index contributed by atoms with van der Waals surface area (Å²) in [5.74, 6) is -1.02. The van der Waals surface area contributed by atoms with Crippen LogP contribution in [0.2, 0.25) is 0 Å². The number of nitrogens with zero attached hydrogens (tertiary/aromatic N) is 2. The Kier molecular flexibility index (Phi) is 3.59. The highest BCUT2D eigenvalue weighted by Crippen LogP contribution is 2.37. The molecule has 0 atom stereocenters. The molecular formula is C12H13BrN2O2S. The van der Waals surface area contributed by atoms with E-state index in [9.17, 15) is 4.79 Å². The number of carbonyl (C=O) groups is 1. The van der Waals surface area contributed by atoms with Gasteiger partial charge < -0.3 is 5.11 Å². The van der Waals surface area contributed by atoms with Crippen molar-refractivity contribution in [2.75, 3.05) is 0 Å². The largest absolute Gasteiger partial charge is 0.476 e. The smallest absolute Gasteiger partial charge is 0.357 e. The highest BCUT2D eigenvalue weighted by molar-refractivity contribution is 9.10. The first-order valence-electron chi connectivity index (χ1n) is 5.49. The molecule has 0 amide bonds. The van der Waals surface area contributed by atoms with Gasteiger partial charge in [0, 0.05) is 6.04 Å². The standard InChI is InChI=1S/C12H13BrN2O2S/c1-6(2)15-10(11-7(3)4-5-18-11)8(13)9(14-15)12(16)17/h4-6H,1-3H3,(H,16,17). The lowest BCUT2D eigenvalue weighted by molar-refractivity contribution is 0.0688. The van der Waals surface area contributed by atoms with E-state index in [0.29, 0.717) is 4.47 Å². The Hall–Kier alpha value is -1.14. The van der Waals surface area contributed by atoms with Crippen molar-refractivity contribution in [3.05, 3.63) is 27.2 Å². The van der Waals surface area contributed by atoms with Crippen LogP contribution in [0.25, 0.3) is 10.6 Å². The minimum atomic E-state index is -1.02. The van der Waals surface area contributed by atoms with Gasteiger partial charge in [-0.1, -0.05) is 0 Å². The van der Waals surface area contributed by atoms with Crippen LogP contribution >= 0.6 is 27.3 Å². The van der Waals surface area contributed by atoms with Crippen molar-refractivity contribution in [1.82, 2.24) is 9.78 Å². The molecule has 0 unspecified atom stereocenters. The van der Waals surface area contributed by atoms with Crippen molar-refractivity contribution in [2.45, 2.75) is 26.8 Å². The number of aromatic nitrogens is 2. The van der Waals surface area contributed by atoms with Gasteiger partial charge in [0.15, 0.2) is 5.69 Å². The molecule has 0 saturated carbocycles. The number of carboxylic acid groups (broad SMARTS) is 1. The number of carboxylic acids is 1. The van der Waals surface area contributed by atoms with E-state index < -0.39 is 5.97 Å². The molecule has 2 aromatic heterocycles. The molecule has 96 valence electrons. The minimum absolute atomic E-state index is 0.0616. The van der Waals surface area contributed by atoms with Crippen LogP contribution in [0.3, 0.4) is 0 Å². The van der Waals surface area contributed by atoms with Crippen molar-refractivity contribution in [3.63, 3.8) is 0 Å². The van der Waals surface area contributed by atoms with E-state index in [1.165, 1.54) is 0 Å². The first-order valence-corrected chi connectivity index (χ1v) is 7.16. The fraction of sp³-hybridized carbons (Fsp3) is 0.333. The monoisotopic (exact) mass is 328 g/mol. The molecule has 0 spiro atoms. The van der Waals surface area contributed by atoms with Crippen LogP contribution in [-0.2, 0) is 0 Å². The van der Waals surface area contributed by atoms with E-state index in [0.717, 1.165) is 16.1 Å². The lowest BCUT2D eigenvalue weighted by atomic mass is 10.2. The number of aromatic carboxylic acids is 1. The zero-order chi connectivity index (χ0) is 13.4. The van der Waals surface area contributed by atoms with Crippen molar-refractivity contribution in [2.24, 2.45) is 0 Å². The molecule has 1 N–H and O–H groups in total. The quantitative estimate of drug-likeness (QED) is 0.927. The highest BCUT2D eigenvalue weighted by atomic mass is 79.9. The third-order valence-electron chi connectivity index (χ3n) is 2.62. The number of hydrogen-bond acceptors (Lipinski definition) is 3. The van der Waals surface area contributed by atoms with Crippen molar-refractivity contribution in [3.8, 4) is 10.6 Å². The van der Waals surface area contributed by atoms with Crippen LogP contribution in [0.1, 0.15) is 35.9 Å². The van der Waals surface area contributed by atoms with E-state index >= 15 is 0 Å². The van der Waals surface area contributed by atoms with Crippen LogP contribution in [0.5, 0.6) is 0 Å². The maximum Gasteiger partial charge on any atom is 0.357 e. The van der Waals surface area contributed by atoms with Gasteiger partial charge in [-0.2, -0.15) is 5.10 Å². The summed E-state index contributed by atoms with van der Waals surface area (Å²) in [6.45, 7) is 5.98. The molecule has 18 heavy (non-hydrogen) atoms. The van der Waals surface area contributed by atoms with E-state index in [1.807, 2.05) is 32.2 Å². The Bertz CT molecular complexity index is 601. The summed E-state index contributed by atoms with van der Waals surface area (Å²) in [6.07, 6.45) is 0. The normalized spacial score (nSPS) is 11.2. The summed E-state index contributed by atoms with van der Waals surface area (Å²) in [6, 6.07) is 2.12. The summed E-state index contributed by atoms with van der Waals surface area (Å²) in [7, 11) is 0. The van der Waals surface area contributed by atoms with Gasteiger partial charge in [-0.05, 0) is 53.7 Å². The second-order valence-corrected chi connectivity index (χ2v) is 6.00. The van der Waals surface area contributed by atoms with Gasteiger partial charge in [0.2, 0.25) is 0 Å². The Morgan fingerprint density at radius 1 is 1.56 bits per heavy atom. The maximum atomic E-state index is 11.2. The van der Waals surface area contributed by atoms with Crippen molar-refractivity contribution < 1.29 is 9.90 Å². The fourth-order valence-electron chi connectivity index (χ4n) is 1.74. The zero-order valence-corrected chi connectivity index (χ0v) is 12.7. The summed E-state index contributed by atoms with van der Waals surface area (Å²) < 4.78 is 2.31. The zero-order valence-electron chi connectivity index (χ0n) is 10.3. The number of hydrogen-bond donors (Lipinski definition) is 1. The predicted octanol–water partition coefficient (Wildman–Crippen LogP) is 3.96. The lowest BCUT2D eigenvalue weighted by Crippen LogP contribution is -2.06. The molecule has 0 aliphatic carbocycles. The Morgan fingerprint density at radius 2 is 2.22 bits per heavy atom. The summed E-state index contributed by atoms with van der Waals surface area (Å²) in [4.78, 5) is 12.2. The predicted molar refractivity (Wildman–Crippen MR) is 75.3 cm³/mol. The molecule has 0 bridgehead atoms. The average molecular weight is 329 g/mol. The van der Waals surface area contributed by atoms with Gasteiger partial charge in [0.25, 0.3) is 0 Å². The maximum absolute atomic E-state index is 11.2. The first-order chi connectivity index (χ1) is 8.43. The van der Waals surface area contributed by atoms with Gasteiger partial charge >= 0.3 is 5.97 Å². The average Bonchev–Trinajstić information content (AvgIpc) is 2.82. The highest BCUT2D eigenvalue weighted by Gasteiger charge is 2.24. The van der Waals surface area contributed by atoms with E-state index in [-0.39, 0.29) is 11.7 Å². The Labute approximate surface area is 117 Å². The summed E-state index contributed by atoms with van der Waals surface area (Å²) in [5.41, 5.74) is 2.03. The molecule has 6 heteroatoms. The number of halogens is 1. The van der Waals surface area contributed by atoms with Gasteiger partial charge in [0.1, 0.15) is 0 Å². The fourth-order valence-corrected chi connectivity index (χ4v) is 3.47. The third-order valence-corrected chi connectivity index (χ3v) is 4.40. The Balaban J connectivity index is 2.72. The molecular weight excluding hydrogens is 316 g/mol. The van der Waals surface area contributed by atoms with E-state index in [2.05, 4.69) is 21.0 Å². The molecule has 4 nitrogen and oxygen atoms in total. The molecule has 0 aliphatic rings. The third kappa shape index (κ3) is 2.10. The molecule has 0 aliphatic heterocycles. The van der Waals surface area contributed by atoms with Crippen molar-refractivity contribution >= 4 is 33.2 Å². The number of aryl methyl sites for hydroxylation is 1. The molecule has 0 aromatic carbocycles. The molecule has 0 saturated heterocycles.